The van der Waals surface area contributed by atoms with Crippen LogP contribution in [0.4, 0.5) is 3.89 Å². The van der Waals surface area contributed by atoms with Crippen LogP contribution in [-0.4, -0.2) is 31.0 Å². The number of hydrogen-bond acceptors (Lipinski definition) is 4. The summed E-state index contributed by atoms with van der Waals surface area (Å²) in [5, 5.41) is 7.58. The molecule has 0 bridgehead atoms. The van der Waals surface area contributed by atoms with Crippen LogP contribution in [0.5, 0.6) is 0 Å². The third-order valence-corrected chi connectivity index (χ3v) is 4.25. The van der Waals surface area contributed by atoms with E-state index in [0.29, 0.717) is 24.1 Å². The van der Waals surface area contributed by atoms with Crippen molar-refractivity contribution >= 4 is 16.1 Å². The van der Waals surface area contributed by atoms with Crippen LogP contribution in [0.15, 0.2) is 11.3 Å². The smallest absolute Gasteiger partial charge is 0.307 e. The molecule has 0 radical (unpaired) electrons. The van der Waals surface area contributed by atoms with Crippen LogP contribution >= 0.6 is 0 Å². The van der Waals surface area contributed by atoms with E-state index < -0.39 is 21.4 Å². The van der Waals surface area contributed by atoms with Gasteiger partial charge in [0.05, 0.1) is 6.07 Å². The van der Waals surface area contributed by atoms with Crippen molar-refractivity contribution in [2.75, 3.05) is 6.54 Å². The molecule has 0 saturated carbocycles. The highest BCUT2D eigenvalue weighted by molar-refractivity contribution is 7.87. The highest BCUT2D eigenvalue weighted by atomic mass is 32.3. The number of nitrogens with zero attached hydrogens (tertiary/aromatic N) is 2. The van der Waals surface area contributed by atoms with Crippen molar-refractivity contribution in [3.8, 4) is 6.07 Å². The van der Waals surface area contributed by atoms with Crippen molar-refractivity contribution in [3.05, 3.63) is 11.3 Å². The first kappa shape index (κ1) is 12.0. The van der Waals surface area contributed by atoms with E-state index >= 15 is 0 Å². The lowest BCUT2D eigenvalue weighted by atomic mass is 10.2. The average Bonchev–Trinajstić information content (AvgIpc) is 2.81. The number of hydrogen-bond donors (Lipinski definition) is 0. The first-order valence-electron chi connectivity index (χ1n) is 5.29. The molecule has 0 aromatic heterocycles. The lowest BCUT2D eigenvalue weighted by Gasteiger charge is -2.17. The van der Waals surface area contributed by atoms with Gasteiger partial charge < -0.3 is 4.90 Å². The molecule has 1 aliphatic heterocycles. The van der Waals surface area contributed by atoms with E-state index in [2.05, 4.69) is 0 Å². The normalized spacial score (nSPS) is 25.5. The minimum atomic E-state index is -4.69. The van der Waals surface area contributed by atoms with Gasteiger partial charge in [-0.15, -0.1) is 3.89 Å². The third kappa shape index (κ3) is 2.17. The maximum Gasteiger partial charge on any atom is 0.307 e. The summed E-state index contributed by atoms with van der Waals surface area (Å²) in [4.78, 5) is 12.9. The Morgan fingerprint density at radius 3 is 2.65 bits per heavy atom. The zero-order valence-corrected chi connectivity index (χ0v) is 9.83. The molecule has 17 heavy (non-hydrogen) atoms. The van der Waals surface area contributed by atoms with E-state index in [1.54, 1.807) is 0 Å². The Morgan fingerprint density at radius 1 is 1.41 bits per heavy atom. The molecule has 1 atom stereocenters. The molecule has 0 N–H and O–H groups in total. The molecular formula is C10H11FN2O3S. The topological polar surface area (TPSA) is 78.2 Å². The fourth-order valence-electron chi connectivity index (χ4n) is 2.27. The maximum absolute atomic E-state index is 12.8. The van der Waals surface area contributed by atoms with Gasteiger partial charge in [-0.25, -0.2) is 0 Å². The van der Waals surface area contributed by atoms with Crippen LogP contribution in [0, 0.1) is 11.3 Å². The fourth-order valence-corrected chi connectivity index (χ4v) is 2.94. The Morgan fingerprint density at radius 2 is 2.12 bits per heavy atom. The van der Waals surface area contributed by atoms with Crippen LogP contribution in [0.3, 0.4) is 0 Å². The molecule has 1 unspecified atom stereocenters. The quantitative estimate of drug-likeness (QED) is 0.688. The fraction of sp³-hybridized carbons (Fsp3) is 0.600. The Hall–Kier alpha value is -1.42. The predicted molar refractivity (Wildman–Crippen MR) is 56.6 cm³/mol. The van der Waals surface area contributed by atoms with Crippen LogP contribution in [0.25, 0.3) is 0 Å². The number of carbonyl (C=O) groups excluding carboxylic acids is 1. The van der Waals surface area contributed by atoms with Crippen molar-refractivity contribution in [1.82, 2.24) is 4.90 Å². The molecule has 1 saturated heterocycles. The Bertz CT molecular complexity index is 532. The molecule has 92 valence electrons. The molecule has 2 rings (SSSR count). The van der Waals surface area contributed by atoms with Gasteiger partial charge in [0.2, 0.25) is 5.91 Å². The van der Waals surface area contributed by atoms with Crippen LogP contribution in [-0.2, 0) is 15.0 Å². The number of allylic oxidation sites excluding steroid dienone is 2. The van der Waals surface area contributed by atoms with Crippen molar-refractivity contribution in [2.45, 2.75) is 30.9 Å². The summed E-state index contributed by atoms with van der Waals surface area (Å²) in [6, 6.07) is 2.01. The van der Waals surface area contributed by atoms with E-state index in [9.17, 15) is 17.1 Å². The van der Waals surface area contributed by atoms with Crippen LogP contribution in [0.2, 0.25) is 0 Å². The molecule has 0 aromatic carbocycles. The molecule has 2 aliphatic rings. The van der Waals surface area contributed by atoms with Crippen LogP contribution in [0.1, 0.15) is 25.7 Å². The van der Waals surface area contributed by atoms with Gasteiger partial charge in [0.25, 0.3) is 0 Å². The van der Waals surface area contributed by atoms with Gasteiger partial charge in [-0.1, -0.05) is 0 Å². The summed E-state index contributed by atoms with van der Waals surface area (Å²) >= 11 is 0. The van der Waals surface area contributed by atoms with Crippen molar-refractivity contribution in [2.24, 2.45) is 0 Å². The molecule has 1 fully saturated rings. The van der Waals surface area contributed by atoms with E-state index in [0.717, 1.165) is 6.42 Å². The highest BCUT2D eigenvalue weighted by Gasteiger charge is 2.40. The van der Waals surface area contributed by atoms with E-state index in [4.69, 9.17) is 5.26 Å². The van der Waals surface area contributed by atoms with Gasteiger partial charge >= 0.3 is 10.2 Å². The van der Waals surface area contributed by atoms with Crippen LogP contribution < -0.4 is 0 Å². The van der Waals surface area contributed by atoms with E-state index in [-0.39, 0.29) is 13.0 Å². The number of likely N-dealkylation sites (tertiary alicyclic amines) is 1. The SMILES string of the molecule is N#CC1=C(N2CC(S(=O)(=O)F)CC2=O)CCC1. The summed E-state index contributed by atoms with van der Waals surface area (Å²) < 4.78 is 34.3. The van der Waals surface area contributed by atoms with Gasteiger partial charge in [0, 0.05) is 24.2 Å². The largest absolute Gasteiger partial charge is 0.314 e. The van der Waals surface area contributed by atoms with Gasteiger partial charge in [0.15, 0.2) is 0 Å². The van der Waals surface area contributed by atoms with Crippen molar-refractivity contribution in [1.29, 1.82) is 5.26 Å². The first-order chi connectivity index (χ1) is 7.93. The number of rotatable bonds is 2. The third-order valence-electron chi connectivity index (χ3n) is 3.14. The average molecular weight is 258 g/mol. The Labute approximate surface area is 98.7 Å². The summed E-state index contributed by atoms with van der Waals surface area (Å²) in [6.45, 7) is -0.168. The Kier molecular flexibility index (Phi) is 2.91. The van der Waals surface area contributed by atoms with Gasteiger partial charge in [-0.3, -0.25) is 4.79 Å². The molecule has 1 aliphatic carbocycles. The second kappa shape index (κ2) is 4.11. The monoisotopic (exact) mass is 258 g/mol. The standard InChI is InChI=1S/C10H11FN2O3S/c11-17(15,16)8-4-10(14)13(6-8)9-3-1-2-7(9)5-12/h8H,1-4,6H2. The maximum atomic E-state index is 12.8. The molecular weight excluding hydrogens is 247 g/mol. The lowest BCUT2D eigenvalue weighted by molar-refractivity contribution is -0.126. The minimum Gasteiger partial charge on any atom is -0.314 e. The van der Waals surface area contributed by atoms with Crippen molar-refractivity contribution in [3.63, 3.8) is 0 Å². The summed E-state index contributed by atoms with van der Waals surface area (Å²) in [5.74, 6) is -0.416. The molecule has 0 spiro atoms. The van der Waals surface area contributed by atoms with E-state index in [1.807, 2.05) is 6.07 Å². The number of nitriles is 1. The van der Waals surface area contributed by atoms with Gasteiger partial charge in [-0.05, 0) is 19.3 Å². The molecule has 1 amide bonds. The number of halogens is 1. The van der Waals surface area contributed by atoms with E-state index in [1.165, 1.54) is 4.90 Å². The summed E-state index contributed by atoms with van der Waals surface area (Å²) in [5.41, 5.74) is 1.08. The molecule has 5 nitrogen and oxygen atoms in total. The minimum absolute atomic E-state index is 0.168. The lowest BCUT2D eigenvalue weighted by Crippen LogP contribution is -2.26. The molecule has 0 aromatic rings. The second-order valence-corrected chi connectivity index (χ2v) is 5.81. The number of carbonyl (C=O) groups is 1. The number of amides is 1. The Balaban J connectivity index is 2.26. The van der Waals surface area contributed by atoms with Gasteiger partial charge in [0.1, 0.15) is 5.25 Å². The predicted octanol–water partition coefficient (Wildman–Crippen LogP) is 0.848. The highest BCUT2D eigenvalue weighted by Crippen LogP contribution is 2.32. The molecule has 7 heteroatoms. The van der Waals surface area contributed by atoms with Gasteiger partial charge in [-0.2, -0.15) is 13.7 Å². The first-order valence-corrected chi connectivity index (χ1v) is 6.74. The molecule has 1 heterocycles. The zero-order valence-electron chi connectivity index (χ0n) is 9.02. The summed E-state index contributed by atoms with van der Waals surface area (Å²) in [6.07, 6.45) is 1.62. The summed E-state index contributed by atoms with van der Waals surface area (Å²) in [7, 11) is -4.69. The van der Waals surface area contributed by atoms with Crippen molar-refractivity contribution < 1.29 is 17.1 Å². The zero-order chi connectivity index (χ0) is 12.6. The second-order valence-electron chi connectivity index (χ2n) is 4.20.